The van der Waals surface area contributed by atoms with E-state index < -0.39 is 0 Å². The van der Waals surface area contributed by atoms with Crippen LogP contribution in [0.15, 0.2) is 36.5 Å². The lowest BCUT2D eigenvalue weighted by Gasteiger charge is -2.24. The highest BCUT2D eigenvalue weighted by atomic mass is 16.2. The van der Waals surface area contributed by atoms with Crippen LogP contribution in [0.2, 0.25) is 0 Å². The molecule has 1 aromatic carbocycles. The number of hydrazine groups is 1. The number of nitriles is 1. The van der Waals surface area contributed by atoms with Crippen molar-refractivity contribution in [3.05, 3.63) is 53.5 Å². The average Bonchev–Trinajstić information content (AvgIpc) is 2.57. The number of carbonyl (C=O) groups is 1. The summed E-state index contributed by atoms with van der Waals surface area (Å²) in [4.78, 5) is 20.8. The van der Waals surface area contributed by atoms with Gasteiger partial charge in [-0.05, 0) is 24.0 Å². The topological polar surface area (TPSA) is 81.9 Å². The Morgan fingerprint density at radius 2 is 2.08 bits per heavy atom. The van der Waals surface area contributed by atoms with Gasteiger partial charge in [0.25, 0.3) is 0 Å². The Kier molecular flexibility index (Phi) is 5.99. The highest BCUT2D eigenvalue weighted by Gasteiger charge is 2.19. The normalized spacial score (nSPS) is 10.5. The van der Waals surface area contributed by atoms with E-state index in [4.69, 9.17) is 5.26 Å². The van der Waals surface area contributed by atoms with Crippen LogP contribution in [0.5, 0.6) is 0 Å². The molecule has 1 heterocycles. The second-order valence-corrected chi connectivity index (χ2v) is 5.94. The molecule has 0 saturated heterocycles. The standard InChI is InChI=1S/C18H21N5O/c1-13(2)12-21-23(17-8-9-20-16(11-19)22-17)18(24)10-15-7-5-4-6-14(15)3/h4-9,13,21H,10,12H2,1-3H3. The van der Waals surface area contributed by atoms with Gasteiger partial charge in [0.2, 0.25) is 11.7 Å². The van der Waals surface area contributed by atoms with Crippen LogP contribution in [0.4, 0.5) is 5.82 Å². The molecule has 0 radical (unpaired) electrons. The number of nitrogens with zero attached hydrogens (tertiary/aromatic N) is 4. The van der Waals surface area contributed by atoms with Crippen LogP contribution in [-0.4, -0.2) is 22.4 Å². The zero-order valence-electron chi connectivity index (χ0n) is 14.2. The Bertz CT molecular complexity index is 751. The van der Waals surface area contributed by atoms with Gasteiger partial charge in [0.1, 0.15) is 6.07 Å². The first-order chi connectivity index (χ1) is 11.5. The van der Waals surface area contributed by atoms with E-state index in [9.17, 15) is 4.79 Å². The van der Waals surface area contributed by atoms with E-state index in [1.807, 2.05) is 37.3 Å². The Morgan fingerprint density at radius 1 is 1.33 bits per heavy atom. The van der Waals surface area contributed by atoms with Crippen molar-refractivity contribution in [3.63, 3.8) is 0 Å². The number of aryl methyl sites for hydroxylation is 1. The third kappa shape index (κ3) is 4.61. The zero-order chi connectivity index (χ0) is 17.5. The summed E-state index contributed by atoms with van der Waals surface area (Å²) in [5.74, 6) is 0.636. The van der Waals surface area contributed by atoms with Crippen molar-refractivity contribution in [2.45, 2.75) is 27.2 Å². The summed E-state index contributed by atoms with van der Waals surface area (Å²) in [6, 6.07) is 11.3. The predicted octanol–water partition coefficient (Wildman–Crippen LogP) is 2.39. The maximum atomic E-state index is 12.8. The largest absolute Gasteiger partial charge is 0.273 e. The molecule has 0 spiro atoms. The summed E-state index contributed by atoms with van der Waals surface area (Å²) in [5, 5.41) is 10.4. The SMILES string of the molecule is Cc1ccccc1CC(=O)N(NCC(C)C)c1ccnc(C#N)n1. The van der Waals surface area contributed by atoms with Crippen molar-refractivity contribution in [2.75, 3.05) is 11.6 Å². The number of benzene rings is 1. The lowest BCUT2D eigenvalue weighted by Crippen LogP contribution is -2.46. The summed E-state index contributed by atoms with van der Waals surface area (Å²) in [6.45, 7) is 6.70. The van der Waals surface area contributed by atoms with Crippen molar-refractivity contribution < 1.29 is 4.79 Å². The van der Waals surface area contributed by atoms with Gasteiger partial charge in [-0.3, -0.25) is 4.79 Å². The molecule has 124 valence electrons. The van der Waals surface area contributed by atoms with Gasteiger partial charge in [-0.25, -0.2) is 15.4 Å². The van der Waals surface area contributed by atoms with Crippen LogP contribution in [0.1, 0.15) is 30.8 Å². The predicted molar refractivity (Wildman–Crippen MR) is 92.0 cm³/mol. The number of aromatic nitrogens is 2. The van der Waals surface area contributed by atoms with Gasteiger partial charge in [0, 0.05) is 18.8 Å². The molecule has 1 aromatic heterocycles. The second kappa shape index (κ2) is 8.18. The van der Waals surface area contributed by atoms with Crippen LogP contribution in [0.25, 0.3) is 0 Å². The van der Waals surface area contributed by atoms with Gasteiger partial charge in [0.05, 0.1) is 6.42 Å². The molecule has 0 atom stereocenters. The van der Waals surface area contributed by atoms with Gasteiger partial charge >= 0.3 is 0 Å². The minimum Gasteiger partial charge on any atom is -0.273 e. The number of rotatable bonds is 6. The minimum absolute atomic E-state index is 0.0348. The summed E-state index contributed by atoms with van der Waals surface area (Å²) < 4.78 is 0. The van der Waals surface area contributed by atoms with Crippen LogP contribution in [0.3, 0.4) is 0 Å². The number of nitrogens with one attached hydrogen (secondary N) is 1. The molecular formula is C18H21N5O. The fraction of sp³-hybridized carbons (Fsp3) is 0.333. The lowest BCUT2D eigenvalue weighted by atomic mass is 10.1. The van der Waals surface area contributed by atoms with Gasteiger partial charge in [0.15, 0.2) is 5.82 Å². The van der Waals surface area contributed by atoms with Gasteiger partial charge in [-0.2, -0.15) is 10.2 Å². The number of anilines is 1. The molecule has 6 heteroatoms. The van der Waals surface area contributed by atoms with Crippen molar-refractivity contribution in [1.29, 1.82) is 5.26 Å². The second-order valence-electron chi connectivity index (χ2n) is 5.94. The molecule has 0 bridgehead atoms. The van der Waals surface area contributed by atoms with E-state index in [0.29, 0.717) is 18.3 Å². The molecule has 0 aliphatic rings. The first-order valence-electron chi connectivity index (χ1n) is 7.85. The maximum absolute atomic E-state index is 12.8. The van der Waals surface area contributed by atoms with Crippen LogP contribution in [-0.2, 0) is 11.2 Å². The Morgan fingerprint density at radius 3 is 2.75 bits per heavy atom. The van der Waals surface area contributed by atoms with Crippen molar-refractivity contribution in [1.82, 2.24) is 15.4 Å². The summed E-state index contributed by atoms with van der Waals surface area (Å²) >= 11 is 0. The zero-order valence-corrected chi connectivity index (χ0v) is 14.2. The van der Waals surface area contributed by atoms with E-state index in [0.717, 1.165) is 11.1 Å². The van der Waals surface area contributed by atoms with Gasteiger partial charge in [-0.15, -0.1) is 0 Å². The monoisotopic (exact) mass is 323 g/mol. The Balaban J connectivity index is 2.26. The van der Waals surface area contributed by atoms with Crippen molar-refractivity contribution in [3.8, 4) is 6.07 Å². The molecule has 1 N–H and O–H groups in total. The average molecular weight is 323 g/mol. The summed E-state index contributed by atoms with van der Waals surface area (Å²) in [5.41, 5.74) is 5.14. The molecule has 0 fully saturated rings. The van der Waals surface area contributed by atoms with E-state index in [-0.39, 0.29) is 18.2 Å². The van der Waals surface area contributed by atoms with Crippen LogP contribution < -0.4 is 10.4 Å². The molecule has 0 aliphatic carbocycles. The van der Waals surface area contributed by atoms with E-state index in [1.165, 1.54) is 11.2 Å². The summed E-state index contributed by atoms with van der Waals surface area (Å²) in [7, 11) is 0. The molecule has 2 rings (SSSR count). The van der Waals surface area contributed by atoms with E-state index in [2.05, 4.69) is 29.2 Å². The molecular weight excluding hydrogens is 302 g/mol. The third-order valence-corrected chi connectivity index (χ3v) is 3.48. The highest BCUT2D eigenvalue weighted by molar-refractivity contribution is 5.93. The van der Waals surface area contributed by atoms with Crippen LogP contribution in [0, 0.1) is 24.2 Å². The van der Waals surface area contributed by atoms with Crippen molar-refractivity contribution >= 4 is 11.7 Å². The Hall–Kier alpha value is -2.78. The smallest absolute Gasteiger partial charge is 0.247 e. The van der Waals surface area contributed by atoms with Gasteiger partial charge < -0.3 is 0 Å². The highest BCUT2D eigenvalue weighted by Crippen LogP contribution is 2.13. The maximum Gasteiger partial charge on any atom is 0.247 e. The quantitative estimate of drug-likeness (QED) is 0.825. The number of hydrogen-bond acceptors (Lipinski definition) is 5. The molecule has 24 heavy (non-hydrogen) atoms. The lowest BCUT2D eigenvalue weighted by molar-refractivity contribution is -0.118. The molecule has 0 saturated carbocycles. The fourth-order valence-electron chi connectivity index (χ4n) is 2.15. The molecule has 6 nitrogen and oxygen atoms in total. The summed E-state index contributed by atoms with van der Waals surface area (Å²) in [6.07, 6.45) is 1.73. The number of amides is 1. The molecule has 0 aliphatic heterocycles. The van der Waals surface area contributed by atoms with E-state index in [1.54, 1.807) is 6.07 Å². The first-order valence-corrected chi connectivity index (χ1v) is 7.85. The number of hydrogen-bond donors (Lipinski definition) is 1. The molecule has 1 amide bonds. The first kappa shape index (κ1) is 17.6. The molecule has 2 aromatic rings. The third-order valence-electron chi connectivity index (χ3n) is 3.48. The Labute approximate surface area is 142 Å². The minimum atomic E-state index is -0.132. The van der Waals surface area contributed by atoms with Gasteiger partial charge in [-0.1, -0.05) is 38.1 Å². The number of carbonyl (C=O) groups excluding carboxylic acids is 1. The van der Waals surface area contributed by atoms with Crippen molar-refractivity contribution in [2.24, 2.45) is 5.92 Å². The fourth-order valence-corrected chi connectivity index (χ4v) is 2.15. The van der Waals surface area contributed by atoms with Crippen LogP contribution >= 0.6 is 0 Å². The molecule has 0 unspecified atom stereocenters. The van der Waals surface area contributed by atoms with E-state index >= 15 is 0 Å².